The summed E-state index contributed by atoms with van der Waals surface area (Å²) >= 11 is 3.63. The first-order valence-corrected chi connectivity index (χ1v) is 11.9. The monoisotopic (exact) mass is 504 g/mol. The van der Waals surface area contributed by atoms with Gasteiger partial charge in [0.1, 0.15) is 17.1 Å². The number of nitriles is 1. The Morgan fingerprint density at radius 3 is 2.58 bits per heavy atom. The van der Waals surface area contributed by atoms with Gasteiger partial charge in [0.25, 0.3) is 5.56 Å². The molecule has 6 nitrogen and oxygen atoms in total. The number of aromatic nitrogens is 2. The van der Waals surface area contributed by atoms with Crippen molar-refractivity contribution >= 4 is 43.6 Å². The molecule has 7 heteroatoms. The molecule has 0 radical (unpaired) electrons. The number of oxazole rings is 1. The van der Waals surface area contributed by atoms with Crippen LogP contribution in [0.2, 0.25) is 0 Å². The van der Waals surface area contributed by atoms with E-state index in [1.807, 2.05) is 38.1 Å². The lowest BCUT2D eigenvalue weighted by Crippen LogP contribution is -2.42. The number of halogens is 1. The van der Waals surface area contributed by atoms with Crippen LogP contribution in [0.5, 0.6) is 0 Å². The highest BCUT2D eigenvalue weighted by molar-refractivity contribution is 9.10. The number of aryl methyl sites for hydroxylation is 3. The topological polar surface area (TPSA) is 75.1 Å². The predicted molar refractivity (Wildman–Crippen MR) is 134 cm³/mol. The Morgan fingerprint density at radius 1 is 1.15 bits per heavy atom. The fraction of sp³-hybridized carbons (Fsp3) is 0.346. The van der Waals surface area contributed by atoms with Gasteiger partial charge in [0, 0.05) is 35.4 Å². The molecule has 5 rings (SSSR count). The van der Waals surface area contributed by atoms with Crippen molar-refractivity contribution < 1.29 is 4.42 Å². The number of fused-ring (bicyclic) bond motifs is 2. The molecule has 1 aliphatic heterocycles. The molecule has 168 valence electrons. The first-order chi connectivity index (χ1) is 15.7. The summed E-state index contributed by atoms with van der Waals surface area (Å²) in [4.78, 5) is 20.0. The number of anilines is 1. The van der Waals surface area contributed by atoms with Crippen molar-refractivity contribution in [3.8, 4) is 6.07 Å². The van der Waals surface area contributed by atoms with Gasteiger partial charge >= 0.3 is 0 Å². The van der Waals surface area contributed by atoms with Gasteiger partial charge in [-0.25, -0.2) is 4.98 Å². The van der Waals surface area contributed by atoms with Crippen LogP contribution in [0.1, 0.15) is 42.3 Å². The van der Waals surface area contributed by atoms with E-state index < -0.39 is 0 Å². The SMILES string of the molecule is Cc1ccc2nc(C3(C)CCN(c4c(C#N)c(=O)n(C)c5c(Br)cc(C)cc45)CC3)oc2c1. The second kappa shape index (κ2) is 7.74. The summed E-state index contributed by atoms with van der Waals surface area (Å²) in [6.07, 6.45) is 1.63. The van der Waals surface area contributed by atoms with E-state index in [0.717, 1.165) is 62.0 Å². The Hall–Kier alpha value is -3.11. The van der Waals surface area contributed by atoms with Crippen LogP contribution in [0.4, 0.5) is 5.69 Å². The Labute approximate surface area is 200 Å². The van der Waals surface area contributed by atoms with Crippen molar-refractivity contribution in [3.63, 3.8) is 0 Å². The van der Waals surface area contributed by atoms with Gasteiger partial charge in [-0.15, -0.1) is 0 Å². The molecule has 0 N–H and O–H groups in total. The highest BCUT2D eigenvalue weighted by Gasteiger charge is 2.37. The van der Waals surface area contributed by atoms with Crippen molar-refractivity contribution in [2.75, 3.05) is 18.0 Å². The number of benzene rings is 2. The second-order valence-electron chi connectivity index (χ2n) is 9.38. The molecule has 0 atom stereocenters. The molecule has 0 amide bonds. The van der Waals surface area contributed by atoms with Crippen LogP contribution in [0.25, 0.3) is 22.0 Å². The van der Waals surface area contributed by atoms with Gasteiger partial charge < -0.3 is 13.9 Å². The number of rotatable bonds is 2. The quantitative estimate of drug-likeness (QED) is 0.360. The van der Waals surface area contributed by atoms with Crippen molar-refractivity contribution in [2.45, 2.75) is 39.0 Å². The maximum atomic E-state index is 13.1. The van der Waals surface area contributed by atoms with Gasteiger partial charge in [-0.3, -0.25) is 4.79 Å². The molecule has 3 heterocycles. The highest BCUT2D eigenvalue weighted by atomic mass is 79.9. The van der Waals surface area contributed by atoms with E-state index in [9.17, 15) is 10.1 Å². The smallest absolute Gasteiger partial charge is 0.270 e. The molecular weight excluding hydrogens is 480 g/mol. The first kappa shape index (κ1) is 21.7. The molecule has 4 aromatic rings. The Kier molecular flexibility index (Phi) is 5.09. The Morgan fingerprint density at radius 2 is 1.88 bits per heavy atom. The molecule has 0 saturated carbocycles. The maximum Gasteiger partial charge on any atom is 0.270 e. The number of nitrogens with zero attached hydrogens (tertiary/aromatic N) is 4. The van der Waals surface area contributed by atoms with Crippen LogP contribution >= 0.6 is 15.9 Å². The number of piperidine rings is 1. The molecule has 33 heavy (non-hydrogen) atoms. The van der Waals surface area contributed by atoms with Gasteiger partial charge in [0.15, 0.2) is 5.58 Å². The minimum atomic E-state index is -0.271. The fourth-order valence-corrected chi connectivity index (χ4v) is 5.76. The van der Waals surface area contributed by atoms with Crippen molar-refractivity contribution in [3.05, 3.63) is 67.7 Å². The average Bonchev–Trinajstić information content (AvgIpc) is 3.20. The normalized spacial score (nSPS) is 15.8. The van der Waals surface area contributed by atoms with E-state index in [0.29, 0.717) is 13.1 Å². The highest BCUT2D eigenvalue weighted by Crippen LogP contribution is 2.40. The lowest BCUT2D eigenvalue weighted by molar-refractivity contribution is 0.292. The summed E-state index contributed by atoms with van der Waals surface area (Å²) in [6, 6.07) is 12.3. The molecule has 1 fully saturated rings. The number of pyridine rings is 1. The Balaban J connectivity index is 1.56. The second-order valence-corrected chi connectivity index (χ2v) is 10.2. The molecule has 0 bridgehead atoms. The van der Waals surface area contributed by atoms with Crippen molar-refractivity contribution in [1.29, 1.82) is 5.26 Å². The van der Waals surface area contributed by atoms with Crippen LogP contribution in [-0.4, -0.2) is 22.6 Å². The molecule has 2 aromatic carbocycles. The van der Waals surface area contributed by atoms with Gasteiger partial charge in [0.05, 0.1) is 11.2 Å². The lowest BCUT2D eigenvalue weighted by atomic mass is 9.80. The van der Waals surface area contributed by atoms with Gasteiger partial charge in [0.2, 0.25) is 5.89 Å². The molecule has 0 unspecified atom stereocenters. The van der Waals surface area contributed by atoms with E-state index in [-0.39, 0.29) is 16.5 Å². The van der Waals surface area contributed by atoms with E-state index in [2.05, 4.69) is 39.9 Å². The zero-order chi connectivity index (χ0) is 23.5. The molecular formula is C26H25BrN4O2. The summed E-state index contributed by atoms with van der Waals surface area (Å²) in [5, 5.41) is 10.8. The summed E-state index contributed by atoms with van der Waals surface area (Å²) < 4.78 is 8.59. The van der Waals surface area contributed by atoms with Crippen LogP contribution in [0.15, 0.2) is 44.0 Å². The Bertz CT molecular complexity index is 1520. The van der Waals surface area contributed by atoms with Gasteiger partial charge in [-0.05, 0) is 78.0 Å². The molecule has 1 aliphatic rings. The number of hydrogen-bond acceptors (Lipinski definition) is 5. The third-order valence-corrected chi connectivity index (χ3v) is 7.51. The first-order valence-electron chi connectivity index (χ1n) is 11.1. The minimum absolute atomic E-state index is 0.198. The number of hydrogen-bond donors (Lipinski definition) is 0. The van der Waals surface area contributed by atoms with Gasteiger partial charge in [-0.1, -0.05) is 13.0 Å². The van der Waals surface area contributed by atoms with E-state index in [1.54, 1.807) is 11.6 Å². The lowest BCUT2D eigenvalue weighted by Gasteiger charge is -2.39. The predicted octanol–water partition coefficient (Wildman–Crippen LogP) is 5.49. The summed E-state index contributed by atoms with van der Waals surface area (Å²) in [5.41, 5.74) is 5.17. The largest absolute Gasteiger partial charge is 0.440 e. The average molecular weight is 505 g/mol. The van der Waals surface area contributed by atoms with E-state index in [4.69, 9.17) is 9.40 Å². The fourth-order valence-electron chi connectivity index (χ4n) is 4.92. The van der Waals surface area contributed by atoms with Gasteiger partial charge in [-0.2, -0.15) is 5.26 Å². The summed E-state index contributed by atoms with van der Waals surface area (Å²) in [5.74, 6) is 0.760. The van der Waals surface area contributed by atoms with E-state index in [1.165, 1.54) is 0 Å². The van der Waals surface area contributed by atoms with Crippen LogP contribution in [-0.2, 0) is 12.5 Å². The molecule has 0 aliphatic carbocycles. The zero-order valence-electron chi connectivity index (χ0n) is 19.2. The van der Waals surface area contributed by atoms with Crippen LogP contribution < -0.4 is 10.5 Å². The molecule has 2 aromatic heterocycles. The zero-order valence-corrected chi connectivity index (χ0v) is 20.8. The molecule has 1 saturated heterocycles. The van der Waals surface area contributed by atoms with Crippen LogP contribution in [0.3, 0.4) is 0 Å². The van der Waals surface area contributed by atoms with Crippen LogP contribution in [0, 0.1) is 25.2 Å². The van der Waals surface area contributed by atoms with E-state index >= 15 is 0 Å². The standard InChI is InChI=1S/C26H25BrN4O2/c1-15-5-6-20-21(13-15)33-25(29-20)26(3)7-9-31(10-8-26)22-17-11-16(2)12-19(27)23(17)30(4)24(32)18(22)14-28/h5-6,11-13H,7-10H2,1-4H3. The summed E-state index contributed by atoms with van der Waals surface area (Å²) in [7, 11) is 1.72. The third kappa shape index (κ3) is 3.44. The maximum absolute atomic E-state index is 13.1. The summed E-state index contributed by atoms with van der Waals surface area (Å²) in [6.45, 7) is 7.67. The third-order valence-electron chi connectivity index (χ3n) is 6.91. The van der Waals surface area contributed by atoms with Crippen molar-refractivity contribution in [2.24, 2.45) is 7.05 Å². The van der Waals surface area contributed by atoms with Crippen molar-refractivity contribution in [1.82, 2.24) is 9.55 Å². The molecule has 0 spiro atoms. The minimum Gasteiger partial charge on any atom is -0.440 e.